The fourth-order valence-corrected chi connectivity index (χ4v) is 3.44. The van der Waals surface area contributed by atoms with Crippen LogP contribution in [0.4, 0.5) is 5.69 Å². The lowest BCUT2D eigenvalue weighted by Crippen LogP contribution is -2.52. The molecule has 0 spiro atoms. The van der Waals surface area contributed by atoms with Crippen LogP contribution in [-0.2, 0) is 9.53 Å². The summed E-state index contributed by atoms with van der Waals surface area (Å²) in [6.07, 6.45) is 3.24. The molecule has 0 aromatic heterocycles. The highest BCUT2D eigenvalue weighted by atomic mass is 16.5. The van der Waals surface area contributed by atoms with E-state index in [0.29, 0.717) is 18.4 Å². The van der Waals surface area contributed by atoms with Crippen LogP contribution in [0.3, 0.4) is 0 Å². The van der Waals surface area contributed by atoms with E-state index in [1.165, 1.54) is 6.92 Å². The number of carbonyl (C=O) groups is 2. The Balaban J connectivity index is 1.96. The molecule has 0 bridgehead atoms. The first-order valence-electron chi connectivity index (χ1n) is 9.74. The fraction of sp³-hybridized carbons (Fsp3) is 0.571. The van der Waals surface area contributed by atoms with Gasteiger partial charge in [-0.3, -0.25) is 4.79 Å². The van der Waals surface area contributed by atoms with Crippen LogP contribution >= 0.6 is 0 Å². The molecule has 0 saturated heterocycles. The summed E-state index contributed by atoms with van der Waals surface area (Å²) >= 11 is 0. The van der Waals surface area contributed by atoms with E-state index in [0.717, 1.165) is 38.0 Å². The third-order valence-corrected chi connectivity index (χ3v) is 5.17. The van der Waals surface area contributed by atoms with Crippen molar-refractivity contribution in [2.75, 3.05) is 18.0 Å². The van der Waals surface area contributed by atoms with Crippen LogP contribution in [0.1, 0.15) is 63.2 Å². The molecule has 2 rings (SSSR count). The van der Waals surface area contributed by atoms with Crippen molar-refractivity contribution < 1.29 is 14.3 Å². The number of rotatable bonds is 7. The van der Waals surface area contributed by atoms with Crippen molar-refractivity contribution in [1.82, 2.24) is 5.32 Å². The van der Waals surface area contributed by atoms with Gasteiger partial charge in [-0.2, -0.15) is 5.26 Å². The van der Waals surface area contributed by atoms with E-state index in [2.05, 4.69) is 30.1 Å². The van der Waals surface area contributed by atoms with E-state index < -0.39 is 23.5 Å². The molecule has 6 heteroatoms. The third kappa shape index (κ3) is 5.22. The van der Waals surface area contributed by atoms with E-state index in [-0.39, 0.29) is 0 Å². The Labute approximate surface area is 161 Å². The highest BCUT2D eigenvalue weighted by Gasteiger charge is 2.35. The van der Waals surface area contributed by atoms with Gasteiger partial charge >= 0.3 is 5.97 Å². The highest BCUT2D eigenvalue weighted by molar-refractivity contribution is 5.92. The maximum Gasteiger partial charge on any atom is 0.338 e. The first-order chi connectivity index (χ1) is 12.9. The minimum Gasteiger partial charge on any atom is -0.449 e. The molecular formula is C21H29N3O3. The molecule has 0 aliphatic heterocycles. The predicted molar refractivity (Wildman–Crippen MR) is 104 cm³/mol. The van der Waals surface area contributed by atoms with Gasteiger partial charge in [0.2, 0.25) is 0 Å². The first-order valence-corrected chi connectivity index (χ1v) is 9.74. The van der Waals surface area contributed by atoms with Gasteiger partial charge in [-0.1, -0.05) is 19.3 Å². The molecule has 0 heterocycles. The van der Waals surface area contributed by atoms with Gasteiger partial charge in [-0.05, 0) is 57.9 Å². The summed E-state index contributed by atoms with van der Waals surface area (Å²) in [5, 5.41) is 12.3. The zero-order chi connectivity index (χ0) is 19.9. The molecule has 1 amide bonds. The van der Waals surface area contributed by atoms with Crippen molar-refractivity contribution in [3.63, 3.8) is 0 Å². The summed E-state index contributed by atoms with van der Waals surface area (Å²) in [4.78, 5) is 26.9. The Bertz CT molecular complexity index is 684. The lowest BCUT2D eigenvalue weighted by molar-refractivity contribution is -0.130. The molecule has 1 aromatic rings. The Hall–Kier alpha value is -2.55. The summed E-state index contributed by atoms with van der Waals surface area (Å²) in [7, 11) is 0. The normalized spacial score (nSPS) is 16.7. The SMILES string of the molecule is CCN(CC)c1ccc(C(=O)OC(C)C(=O)NC2(C#N)CCCCC2)cc1. The molecule has 146 valence electrons. The molecule has 1 unspecified atom stereocenters. The molecule has 0 radical (unpaired) electrons. The smallest absolute Gasteiger partial charge is 0.338 e. The molecular weight excluding hydrogens is 342 g/mol. The van der Waals surface area contributed by atoms with Crippen molar-refractivity contribution in [3.8, 4) is 6.07 Å². The van der Waals surface area contributed by atoms with Gasteiger partial charge in [0.15, 0.2) is 6.10 Å². The monoisotopic (exact) mass is 371 g/mol. The topological polar surface area (TPSA) is 82.4 Å². The average Bonchev–Trinajstić information content (AvgIpc) is 2.70. The van der Waals surface area contributed by atoms with E-state index in [1.54, 1.807) is 12.1 Å². The average molecular weight is 371 g/mol. The summed E-state index contributed by atoms with van der Waals surface area (Å²) in [6.45, 7) is 7.46. The first kappa shape index (κ1) is 20.8. The quantitative estimate of drug-likeness (QED) is 0.743. The summed E-state index contributed by atoms with van der Waals surface area (Å²) in [5.41, 5.74) is 0.607. The Morgan fingerprint density at radius 1 is 1.19 bits per heavy atom. The van der Waals surface area contributed by atoms with E-state index in [4.69, 9.17) is 4.74 Å². The van der Waals surface area contributed by atoms with Crippen LogP contribution in [-0.4, -0.2) is 36.6 Å². The van der Waals surface area contributed by atoms with Gasteiger partial charge in [0.25, 0.3) is 5.91 Å². The second-order valence-electron chi connectivity index (χ2n) is 7.01. The van der Waals surface area contributed by atoms with Crippen molar-refractivity contribution >= 4 is 17.6 Å². The zero-order valence-corrected chi connectivity index (χ0v) is 16.5. The number of nitrogens with one attached hydrogen (secondary N) is 1. The Morgan fingerprint density at radius 2 is 1.78 bits per heavy atom. The minimum atomic E-state index is -0.952. The molecule has 1 aliphatic rings. The highest BCUT2D eigenvalue weighted by Crippen LogP contribution is 2.27. The number of carbonyl (C=O) groups excluding carboxylic acids is 2. The lowest BCUT2D eigenvalue weighted by Gasteiger charge is -2.32. The molecule has 1 saturated carbocycles. The molecule has 1 N–H and O–H groups in total. The molecule has 27 heavy (non-hydrogen) atoms. The zero-order valence-electron chi connectivity index (χ0n) is 16.5. The van der Waals surface area contributed by atoms with Gasteiger partial charge < -0.3 is 15.0 Å². The summed E-state index contributed by atoms with van der Waals surface area (Å²) in [5.74, 6) is -0.968. The fourth-order valence-electron chi connectivity index (χ4n) is 3.44. The number of nitriles is 1. The molecule has 1 aliphatic carbocycles. The van der Waals surface area contributed by atoms with Crippen molar-refractivity contribution in [2.45, 2.75) is 64.5 Å². The number of ether oxygens (including phenoxy) is 1. The lowest BCUT2D eigenvalue weighted by atomic mass is 9.83. The second kappa shape index (κ2) is 9.40. The number of nitrogens with zero attached hydrogens (tertiary/aromatic N) is 2. The van der Waals surface area contributed by atoms with E-state index >= 15 is 0 Å². The Kier molecular flexibility index (Phi) is 7.23. The third-order valence-electron chi connectivity index (χ3n) is 5.17. The maximum absolute atomic E-state index is 12.4. The van der Waals surface area contributed by atoms with E-state index in [1.807, 2.05) is 12.1 Å². The number of amides is 1. The van der Waals surface area contributed by atoms with Crippen LogP contribution in [0, 0.1) is 11.3 Å². The second-order valence-corrected chi connectivity index (χ2v) is 7.01. The molecule has 6 nitrogen and oxygen atoms in total. The molecule has 1 fully saturated rings. The van der Waals surface area contributed by atoms with Crippen LogP contribution in [0.5, 0.6) is 0 Å². The van der Waals surface area contributed by atoms with Crippen molar-refractivity contribution in [3.05, 3.63) is 29.8 Å². The summed E-state index contributed by atoms with van der Waals surface area (Å²) < 4.78 is 5.31. The minimum absolute atomic E-state index is 0.401. The predicted octanol–water partition coefficient (Wildman–Crippen LogP) is 3.42. The number of benzene rings is 1. The van der Waals surface area contributed by atoms with E-state index in [9.17, 15) is 14.9 Å². The van der Waals surface area contributed by atoms with Crippen molar-refractivity contribution in [2.24, 2.45) is 0 Å². The van der Waals surface area contributed by atoms with Crippen LogP contribution < -0.4 is 10.2 Å². The molecule has 1 aromatic carbocycles. The van der Waals surface area contributed by atoms with Crippen LogP contribution in [0.15, 0.2) is 24.3 Å². The van der Waals surface area contributed by atoms with Gasteiger partial charge in [-0.15, -0.1) is 0 Å². The molecule has 1 atom stereocenters. The van der Waals surface area contributed by atoms with Gasteiger partial charge in [0.1, 0.15) is 5.54 Å². The van der Waals surface area contributed by atoms with Gasteiger partial charge in [0, 0.05) is 18.8 Å². The van der Waals surface area contributed by atoms with Crippen molar-refractivity contribution in [1.29, 1.82) is 5.26 Å². The number of esters is 1. The van der Waals surface area contributed by atoms with Crippen LogP contribution in [0.25, 0.3) is 0 Å². The standard InChI is InChI=1S/C21H29N3O3/c1-4-24(5-2)18-11-9-17(10-12-18)20(26)27-16(3)19(25)23-21(15-22)13-7-6-8-14-21/h9-12,16H,4-8,13-14H2,1-3H3,(H,23,25). The van der Waals surface area contributed by atoms with Crippen LogP contribution in [0.2, 0.25) is 0 Å². The number of hydrogen-bond donors (Lipinski definition) is 1. The largest absolute Gasteiger partial charge is 0.449 e. The summed E-state index contributed by atoms with van der Waals surface area (Å²) in [6, 6.07) is 9.40. The van der Waals surface area contributed by atoms with Gasteiger partial charge in [0.05, 0.1) is 11.6 Å². The maximum atomic E-state index is 12.4. The Morgan fingerprint density at radius 3 is 2.30 bits per heavy atom. The number of anilines is 1. The number of hydrogen-bond acceptors (Lipinski definition) is 5. The van der Waals surface area contributed by atoms with Gasteiger partial charge in [-0.25, -0.2) is 4.79 Å².